The number of rotatable bonds is 4. The van der Waals surface area contributed by atoms with E-state index in [1.54, 1.807) is 12.1 Å². The van der Waals surface area contributed by atoms with Gasteiger partial charge in [0.2, 0.25) is 5.91 Å². The van der Waals surface area contributed by atoms with Crippen LogP contribution in [0.2, 0.25) is 0 Å². The number of amides is 2. The molecule has 2 aromatic carbocycles. The van der Waals surface area contributed by atoms with Gasteiger partial charge in [0.1, 0.15) is 0 Å². The third-order valence-corrected chi connectivity index (χ3v) is 4.49. The highest BCUT2D eigenvalue weighted by Gasteiger charge is 2.21. The molecule has 0 aliphatic carbocycles. The molecule has 0 saturated heterocycles. The van der Waals surface area contributed by atoms with Crippen molar-refractivity contribution in [2.45, 2.75) is 39.2 Å². The molecule has 1 aliphatic heterocycles. The second kappa shape index (κ2) is 7.82. The molecule has 0 unspecified atom stereocenters. The van der Waals surface area contributed by atoms with Crippen LogP contribution < -0.4 is 15.5 Å². The third kappa shape index (κ3) is 4.88. The lowest BCUT2D eigenvalue weighted by molar-refractivity contribution is -0.117. The van der Waals surface area contributed by atoms with Crippen molar-refractivity contribution in [3.8, 4) is 0 Å². The van der Waals surface area contributed by atoms with Gasteiger partial charge < -0.3 is 15.5 Å². The molecular weight excluding hydrogens is 338 g/mol. The van der Waals surface area contributed by atoms with Gasteiger partial charge in [0.25, 0.3) is 5.91 Å². The number of nitrogens with zero attached hydrogens (tertiary/aromatic N) is 1. The van der Waals surface area contributed by atoms with Crippen LogP contribution in [-0.2, 0) is 11.2 Å². The Kier molecular flexibility index (Phi) is 5.49. The van der Waals surface area contributed by atoms with Crippen molar-refractivity contribution in [1.82, 2.24) is 5.32 Å². The Balaban J connectivity index is 1.59. The summed E-state index contributed by atoms with van der Waals surface area (Å²) in [6, 6.07) is 15.3. The van der Waals surface area contributed by atoms with Crippen molar-refractivity contribution >= 4 is 23.2 Å². The van der Waals surface area contributed by atoms with Crippen LogP contribution in [0, 0.1) is 0 Å². The molecule has 27 heavy (non-hydrogen) atoms. The number of hydrogen-bond donors (Lipinski definition) is 2. The van der Waals surface area contributed by atoms with Crippen molar-refractivity contribution in [3.63, 3.8) is 0 Å². The molecule has 2 N–H and O–H groups in total. The van der Waals surface area contributed by atoms with Gasteiger partial charge in [-0.15, -0.1) is 0 Å². The summed E-state index contributed by atoms with van der Waals surface area (Å²) < 4.78 is 0. The lowest BCUT2D eigenvalue weighted by Crippen LogP contribution is -2.40. The SMILES string of the molecule is CC(C)(C)NC(=O)c1ccc(NCC(=O)N2CCCc3ccccc32)cc1. The first-order valence-electron chi connectivity index (χ1n) is 9.38. The van der Waals surface area contributed by atoms with Crippen LogP contribution in [0.5, 0.6) is 0 Å². The van der Waals surface area contributed by atoms with Crippen molar-refractivity contribution in [3.05, 3.63) is 59.7 Å². The molecular formula is C22H27N3O2. The molecule has 5 heteroatoms. The second-order valence-corrected chi connectivity index (χ2v) is 7.91. The number of benzene rings is 2. The van der Waals surface area contributed by atoms with E-state index in [1.807, 2.05) is 56.0 Å². The summed E-state index contributed by atoms with van der Waals surface area (Å²) in [7, 11) is 0. The van der Waals surface area contributed by atoms with Crippen molar-refractivity contribution in [2.75, 3.05) is 23.3 Å². The minimum absolute atomic E-state index is 0.0525. The minimum atomic E-state index is -0.273. The quantitative estimate of drug-likeness (QED) is 0.870. The zero-order valence-corrected chi connectivity index (χ0v) is 16.2. The summed E-state index contributed by atoms with van der Waals surface area (Å²) in [6.07, 6.45) is 2.01. The van der Waals surface area contributed by atoms with E-state index in [-0.39, 0.29) is 23.9 Å². The lowest BCUT2D eigenvalue weighted by atomic mass is 10.0. The summed E-state index contributed by atoms with van der Waals surface area (Å²) in [4.78, 5) is 26.7. The Hall–Kier alpha value is -2.82. The van der Waals surface area contributed by atoms with Crippen LogP contribution in [0.25, 0.3) is 0 Å². The molecule has 2 amide bonds. The van der Waals surface area contributed by atoms with Crippen LogP contribution in [-0.4, -0.2) is 30.4 Å². The van der Waals surface area contributed by atoms with Gasteiger partial charge in [-0.25, -0.2) is 0 Å². The zero-order valence-electron chi connectivity index (χ0n) is 16.2. The molecule has 1 heterocycles. The smallest absolute Gasteiger partial charge is 0.251 e. The maximum absolute atomic E-state index is 12.7. The Morgan fingerprint density at radius 3 is 2.44 bits per heavy atom. The van der Waals surface area contributed by atoms with Gasteiger partial charge in [0.05, 0.1) is 6.54 Å². The van der Waals surface area contributed by atoms with Crippen molar-refractivity contribution in [1.29, 1.82) is 0 Å². The molecule has 0 fully saturated rings. The highest BCUT2D eigenvalue weighted by molar-refractivity contribution is 5.97. The first kappa shape index (κ1) is 19.0. The fourth-order valence-electron chi connectivity index (χ4n) is 3.22. The third-order valence-electron chi connectivity index (χ3n) is 4.49. The predicted molar refractivity (Wildman–Crippen MR) is 109 cm³/mol. The first-order valence-corrected chi connectivity index (χ1v) is 9.38. The van der Waals surface area contributed by atoms with Gasteiger partial charge in [-0.05, 0) is 69.5 Å². The second-order valence-electron chi connectivity index (χ2n) is 7.91. The van der Waals surface area contributed by atoms with E-state index in [1.165, 1.54) is 5.56 Å². The molecule has 0 radical (unpaired) electrons. The Bertz CT molecular complexity index is 822. The molecule has 2 aromatic rings. The number of fused-ring (bicyclic) bond motifs is 1. The van der Waals surface area contributed by atoms with Gasteiger partial charge in [-0.3, -0.25) is 9.59 Å². The van der Waals surface area contributed by atoms with Gasteiger partial charge >= 0.3 is 0 Å². The standard InChI is InChI=1S/C22H27N3O2/c1-22(2,3)24-21(27)17-10-12-18(13-11-17)23-15-20(26)25-14-6-8-16-7-4-5-9-19(16)25/h4-5,7,9-13,23H,6,8,14-15H2,1-3H3,(H,24,27). The molecule has 0 bridgehead atoms. The van der Waals surface area contributed by atoms with Crippen molar-refractivity contribution < 1.29 is 9.59 Å². The lowest BCUT2D eigenvalue weighted by Gasteiger charge is -2.29. The Labute approximate surface area is 160 Å². The minimum Gasteiger partial charge on any atom is -0.376 e. The first-order chi connectivity index (χ1) is 12.8. The fourth-order valence-corrected chi connectivity index (χ4v) is 3.22. The molecule has 0 spiro atoms. The number of carbonyl (C=O) groups excluding carboxylic acids is 2. The number of carbonyl (C=O) groups is 2. The summed E-state index contributed by atoms with van der Waals surface area (Å²) in [6.45, 7) is 6.83. The molecule has 3 rings (SSSR count). The molecule has 0 saturated carbocycles. The Morgan fingerprint density at radius 1 is 1.04 bits per heavy atom. The molecule has 1 aliphatic rings. The van der Waals surface area contributed by atoms with Gasteiger partial charge in [-0.2, -0.15) is 0 Å². The maximum Gasteiger partial charge on any atom is 0.251 e. The highest BCUT2D eigenvalue weighted by Crippen LogP contribution is 2.26. The average Bonchev–Trinajstić information content (AvgIpc) is 2.64. The van der Waals surface area contributed by atoms with E-state index in [2.05, 4.69) is 16.7 Å². The van der Waals surface area contributed by atoms with E-state index in [0.717, 1.165) is 30.8 Å². The van der Waals surface area contributed by atoms with E-state index in [4.69, 9.17) is 0 Å². The van der Waals surface area contributed by atoms with E-state index in [0.29, 0.717) is 5.56 Å². The number of para-hydroxylation sites is 1. The largest absolute Gasteiger partial charge is 0.376 e. The van der Waals surface area contributed by atoms with Crippen LogP contribution in [0.1, 0.15) is 43.1 Å². The van der Waals surface area contributed by atoms with Crippen LogP contribution in [0.15, 0.2) is 48.5 Å². The van der Waals surface area contributed by atoms with E-state index >= 15 is 0 Å². The normalized spacial score (nSPS) is 13.7. The van der Waals surface area contributed by atoms with Crippen LogP contribution in [0.3, 0.4) is 0 Å². The topological polar surface area (TPSA) is 61.4 Å². The number of nitrogens with one attached hydrogen (secondary N) is 2. The fraction of sp³-hybridized carbons (Fsp3) is 0.364. The maximum atomic E-state index is 12.7. The summed E-state index contributed by atoms with van der Waals surface area (Å²) in [5, 5.41) is 6.10. The molecule has 0 atom stereocenters. The van der Waals surface area contributed by atoms with Gasteiger partial charge in [-0.1, -0.05) is 18.2 Å². The van der Waals surface area contributed by atoms with Crippen LogP contribution in [0.4, 0.5) is 11.4 Å². The van der Waals surface area contributed by atoms with Crippen molar-refractivity contribution in [2.24, 2.45) is 0 Å². The Morgan fingerprint density at radius 2 is 1.74 bits per heavy atom. The van der Waals surface area contributed by atoms with Crippen LogP contribution >= 0.6 is 0 Å². The average molecular weight is 365 g/mol. The summed E-state index contributed by atoms with van der Waals surface area (Å²) >= 11 is 0. The zero-order chi connectivity index (χ0) is 19.4. The number of hydrogen-bond acceptors (Lipinski definition) is 3. The summed E-state index contributed by atoms with van der Waals surface area (Å²) in [5.74, 6) is -0.0493. The number of aryl methyl sites for hydroxylation is 1. The van der Waals surface area contributed by atoms with Gasteiger partial charge in [0, 0.05) is 29.0 Å². The van der Waals surface area contributed by atoms with E-state index < -0.39 is 0 Å². The van der Waals surface area contributed by atoms with Gasteiger partial charge in [0.15, 0.2) is 0 Å². The van der Waals surface area contributed by atoms with E-state index in [9.17, 15) is 9.59 Å². The molecule has 142 valence electrons. The highest BCUT2D eigenvalue weighted by atomic mass is 16.2. The molecule has 5 nitrogen and oxygen atoms in total. The molecule has 0 aromatic heterocycles. The summed E-state index contributed by atoms with van der Waals surface area (Å²) in [5.41, 5.74) is 3.40. The monoisotopic (exact) mass is 365 g/mol. The predicted octanol–water partition coefficient (Wildman–Crippen LogP) is 3.61. The number of anilines is 2.